The molecule has 3 heterocycles. The predicted octanol–water partition coefficient (Wildman–Crippen LogP) is 2.37. The van der Waals surface area contributed by atoms with Crippen molar-refractivity contribution in [2.45, 2.75) is 26.1 Å². The van der Waals surface area contributed by atoms with Crippen LogP contribution in [0.5, 0.6) is 0 Å². The summed E-state index contributed by atoms with van der Waals surface area (Å²) < 4.78 is 5.96. The molecule has 1 aromatic carbocycles. The number of hydrogen-bond acceptors (Lipinski definition) is 5. The number of ether oxygens (including phenoxy) is 1. The second-order valence-electron chi connectivity index (χ2n) is 7.91. The predicted molar refractivity (Wildman–Crippen MR) is 109 cm³/mol. The molecule has 0 radical (unpaired) electrons. The lowest BCUT2D eigenvalue weighted by atomic mass is 10.1. The topological polar surface area (TPSA) is 57.7 Å². The highest BCUT2D eigenvalue weighted by molar-refractivity contribution is 5.88. The van der Waals surface area contributed by atoms with Crippen LogP contribution < -0.4 is 5.32 Å². The third-order valence-corrected chi connectivity index (χ3v) is 5.47. The fraction of sp³-hybridized carbons (Fsp3) is 0.455. The van der Waals surface area contributed by atoms with Crippen molar-refractivity contribution in [2.75, 3.05) is 38.2 Å². The van der Waals surface area contributed by atoms with Crippen LogP contribution in [-0.2, 0) is 22.6 Å². The first-order valence-corrected chi connectivity index (χ1v) is 9.95. The second kappa shape index (κ2) is 8.82. The molecular weight excluding hydrogens is 352 g/mol. The molecule has 2 bridgehead atoms. The Morgan fingerprint density at radius 1 is 1.04 bits per heavy atom. The second-order valence-corrected chi connectivity index (χ2v) is 7.91. The van der Waals surface area contributed by atoms with Gasteiger partial charge in [0.15, 0.2) is 0 Å². The normalized spacial score (nSPS) is 23.2. The summed E-state index contributed by atoms with van der Waals surface area (Å²) in [5.41, 5.74) is 3.43. The highest BCUT2D eigenvalue weighted by atomic mass is 16.5. The summed E-state index contributed by atoms with van der Waals surface area (Å²) in [5.74, 6) is 0.482. The fourth-order valence-electron chi connectivity index (χ4n) is 4.23. The SMILES string of the molecule is CC(=O)Nc1ccc(CN2C[C@@H]3COC[C@H](C2)N(Cc2ccncc2)C3)cc1. The van der Waals surface area contributed by atoms with Crippen LogP contribution in [0.3, 0.4) is 0 Å². The third kappa shape index (κ3) is 4.95. The number of anilines is 1. The average Bonchev–Trinajstić information content (AvgIpc) is 2.94. The Morgan fingerprint density at radius 3 is 2.54 bits per heavy atom. The van der Waals surface area contributed by atoms with Gasteiger partial charge in [0.05, 0.1) is 13.2 Å². The van der Waals surface area contributed by atoms with Gasteiger partial charge in [-0.15, -0.1) is 0 Å². The van der Waals surface area contributed by atoms with E-state index in [2.05, 4.69) is 44.4 Å². The van der Waals surface area contributed by atoms with E-state index in [0.717, 1.165) is 51.6 Å². The van der Waals surface area contributed by atoms with Crippen LogP contribution in [0.25, 0.3) is 0 Å². The van der Waals surface area contributed by atoms with Crippen LogP contribution in [0.2, 0.25) is 0 Å². The van der Waals surface area contributed by atoms with E-state index in [-0.39, 0.29) is 5.91 Å². The molecule has 6 nitrogen and oxygen atoms in total. The average molecular weight is 380 g/mol. The van der Waals surface area contributed by atoms with Gasteiger partial charge in [-0.25, -0.2) is 0 Å². The Morgan fingerprint density at radius 2 is 1.79 bits per heavy atom. The summed E-state index contributed by atoms with van der Waals surface area (Å²) in [4.78, 5) is 20.4. The van der Waals surface area contributed by atoms with E-state index in [1.807, 2.05) is 24.5 Å². The summed E-state index contributed by atoms with van der Waals surface area (Å²) in [6.07, 6.45) is 3.74. The van der Waals surface area contributed by atoms with Crippen LogP contribution in [0.1, 0.15) is 18.1 Å². The highest BCUT2D eigenvalue weighted by Crippen LogP contribution is 2.23. The zero-order valence-electron chi connectivity index (χ0n) is 16.4. The molecule has 148 valence electrons. The molecule has 0 unspecified atom stereocenters. The number of benzene rings is 1. The van der Waals surface area contributed by atoms with E-state index in [0.29, 0.717) is 12.0 Å². The number of hydrogen-bond donors (Lipinski definition) is 1. The Labute approximate surface area is 166 Å². The maximum atomic E-state index is 11.2. The van der Waals surface area contributed by atoms with E-state index < -0.39 is 0 Å². The lowest BCUT2D eigenvalue weighted by Crippen LogP contribution is -2.43. The summed E-state index contributed by atoms with van der Waals surface area (Å²) in [5, 5.41) is 2.83. The van der Waals surface area contributed by atoms with Gasteiger partial charge in [0.1, 0.15) is 0 Å². The molecule has 2 fully saturated rings. The molecule has 2 atom stereocenters. The number of nitrogens with one attached hydrogen (secondary N) is 1. The summed E-state index contributed by atoms with van der Waals surface area (Å²) >= 11 is 0. The molecule has 1 amide bonds. The molecule has 6 heteroatoms. The van der Waals surface area contributed by atoms with Gasteiger partial charge in [-0.05, 0) is 35.4 Å². The van der Waals surface area contributed by atoms with E-state index in [9.17, 15) is 4.79 Å². The van der Waals surface area contributed by atoms with Gasteiger partial charge < -0.3 is 10.1 Å². The van der Waals surface area contributed by atoms with Gasteiger partial charge in [-0.2, -0.15) is 0 Å². The lowest BCUT2D eigenvalue weighted by Gasteiger charge is -2.31. The standard InChI is InChI=1S/C22H28N4O2/c1-17(27)24-21-4-2-18(3-5-21)10-25-11-20-13-26(22(14-25)16-28-15-20)12-19-6-8-23-9-7-19/h2-9,20,22H,10-16H2,1H3,(H,24,27)/t20-,22-/m0/s1. The van der Waals surface area contributed by atoms with E-state index in [1.54, 1.807) is 0 Å². The summed E-state index contributed by atoms with van der Waals surface area (Å²) in [6, 6.07) is 12.8. The van der Waals surface area contributed by atoms with Crippen molar-refractivity contribution in [1.29, 1.82) is 0 Å². The molecule has 4 rings (SSSR count). The molecule has 2 aliphatic heterocycles. The fourth-order valence-corrected chi connectivity index (χ4v) is 4.23. The van der Waals surface area contributed by atoms with Crippen molar-refractivity contribution in [3.8, 4) is 0 Å². The van der Waals surface area contributed by atoms with Crippen molar-refractivity contribution in [2.24, 2.45) is 5.92 Å². The van der Waals surface area contributed by atoms with Crippen molar-refractivity contribution < 1.29 is 9.53 Å². The Kier molecular flexibility index (Phi) is 6.00. The first-order chi connectivity index (χ1) is 13.7. The van der Waals surface area contributed by atoms with Crippen molar-refractivity contribution >= 4 is 11.6 Å². The number of nitrogens with zero attached hydrogens (tertiary/aromatic N) is 3. The van der Waals surface area contributed by atoms with E-state index >= 15 is 0 Å². The van der Waals surface area contributed by atoms with Gasteiger partial charge in [0, 0.05) is 69.7 Å². The highest BCUT2D eigenvalue weighted by Gasteiger charge is 2.33. The van der Waals surface area contributed by atoms with Gasteiger partial charge in [-0.1, -0.05) is 12.1 Å². The zero-order valence-corrected chi connectivity index (χ0v) is 16.4. The largest absolute Gasteiger partial charge is 0.379 e. The Hall–Kier alpha value is -2.28. The molecule has 0 aliphatic carbocycles. The zero-order chi connectivity index (χ0) is 19.3. The van der Waals surface area contributed by atoms with E-state index in [4.69, 9.17) is 4.74 Å². The minimum absolute atomic E-state index is 0.0395. The quantitative estimate of drug-likeness (QED) is 0.863. The number of carbonyl (C=O) groups is 1. The molecule has 2 saturated heterocycles. The summed E-state index contributed by atoms with van der Waals surface area (Å²) in [6.45, 7) is 8.17. The summed E-state index contributed by atoms with van der Waals surface area (Å²) in [7, 11) is 0. The van der Waals surface area contributed by atoms with Crippen LogP contribution in [0.15, 0.2) is 48.8 Å². The molecule has 2 aliphatic rings. The van der Waals surface area contributed by atoms with Crippen LogP contribution in [0, 0.1) is 5.92 Å². The Balaban J connectivity index is 1.42. The number of rotatable bonds is 5. The maximum Gasteiger partial charge on any atom is 0.221 e. The molecule has 28 heavy (non-hydrogen) atoms. The first kappa shape index (κ1) is 19.1. The van der Waals surface area contributed by atoms with Gasteiger partial charge in [0.2, 0.25) is 5.91 Å². The molecule has 0 spiro atoms. The van der Waals surface area contributed by atoms with Gasteiger partial charge in [-0.3, -0.25) is 19.6 Å². The van der Waals surface area contributed by atoms with Crippen molar-refractivity contribution in [1.82, 2.24) is 14.8 Å². The minimum atomic E-state index is -0.0395. The lowest BCUT2D eigenvalue weighted by molar-refractivity contribution is -0.114. The van der Waals surface area contributed by atoms with Crippen molar-refractivity contribution in [3.05, 3.63) is 59.9 Å². The number of carbonyl (C=O) groups excluding carboxylic acids is 1. The smallest absolute Gasteiger partial charge is 0.221 e. The number of fused-ring (bicyclic) bond motifs is 3. The minimum Gasteiger partial charge on any atom is -0.379 e. The molecule has 2 aromatic rings. The number of aromatic nitrogens is 1. The monoisotopic (exact) mass is 380 g/mol. The maximum absolute atomic E-state index is 11.2. The third-order valence-electron chi connectivity index (χ3n) is 5.47. The van der Waals surface area contributed by atoms with Crippen LogP contribution in [0.4, 0.5) is 5.69 Å². The van der Waals surface area contributed by atoms with E-state index in [1.165, 1.54) is 18.1 Å². The van der Waals surface area contributed by atoms with Gasteiger partial charge in [0.25, 0.3) is 0 Å². The molecular formula is C22H28N4O2. The first-order valence-electron chi connectivity index (χ1n) is 9.95. The van der Waals surface area contributed by atoms with Crippen LogP contribution in [-0.4, -0.2) is 59.6 Å². The Bertz CT molecular complexity index is 781. The molecule has 1 aromatic heterocycles. The number of amides is 1. The number of pyridine rings is 1. The molecule has 0 saturated carbocycles. The molecule has 1 N–H and O–H groups in total. The van der Waals surface area contributed by atoms with Crippen LogP contribution >= 0.6 is 0 Å². The van der Waals surface area contributed by atoms with Gasteiger partial charge >= 0.3 is 0 Å². The van der Waals surface area contributed by atoms with Crippen molar-refractivity contribution in [3.63, 3.8) is 0 Å².